The maximum atomic E-state index is 6.10. The Morgan fingerprint density at radius 2 is 2.17 bits per heavy atom. The maximum absolute atomic E-state index is 6.10. The zero-order chi connectivity index (χ0) is 16.0. The van der Waals surface area contributed by atoms with Crippen molar-refractivity contribution in [2.45, 2.75) is 19.4 Å². The summed E-state index contributed by atoms with van der Waals surface area (Å²) in [5.74, 6) is 1.94. The number of likely N-dealkylation sites (tertiary alicyclic amines) is 1. The number of rotatable bonds is 3. The second kappa shape index (κ2) is 5.69. The first-order valence-electron chi connectivity index (χ1n) is 8.68. The lowest BCUT2D eigenvalue weighted by molar-refractivity contribution is 0.252. The Morgan fingerprint density at radius 1 is 1.21 bits per heavy atom. The average Bonchev–Trinajstić information content (AvgIpc) is 3.36. The van der Waals surface area contributed by atoms with Gasteiger partial charge in [-0.3, -0.25) is 4.90 Å². The molecule has 1 aromatic carbocycles. The highest BCUT2D eigenvalue weighted by Crippen LogP contribution is 2.37. The fourth-order valence-electron chi connectivity index (χ4n) is 4.08. The minimum absolute atomic E-state index is 0.516. The number of para-hydroxylation sites is 1. The fraction of sp³-hybridized carbons (Fsp3) is 0.421. The quantitative estimate of drug-likeness (QED) is 0.789. The minimum Gasteiger partial charge on any atom is -0.457 e. The van der Waals surface area contributed by atoms with Crippen molar-refractivity contribution in [1.82, 2.24) is 15.2 Å². The molecule has 0 amide bonds. The molecule has 1 atom stereocenters. The van der Waals surface area contributed by atoms with Gasteiger partial charge in [-0.15, -0.1) is 11.3 Å². The molecular formula is C19H21N3OS. The largest absolute Gasteiger partial charge is 0.457 e. The SMILES string of the molecule is c1ccc2sc(-c3ccc(CN4CCC5(CCNC5)C4)o3)nc2c1. The van der Waals surface area contributed by atoms with Crippen LogP contribution in [0, 0.1) is 5.41 Å². The van der Waals surface area contributed by atoms with Gasteiger partial charge in [0, 0.05) is 13.1 Å². The third-order valence-corrected chi connectivity index (χ3v) is 6.45. The molecule has 0 saturated carbocycles. The average molecular weight is 339 g/mol. The van der Waals surface area contributed by atoms with E-state index >= 15 is 0 Å². The van der Waals surface area contributed by atoms with Crippen LogP contribution in [-0.4, -0.2) is 36.1 Å². The van der Waals surface area contributed by atoms with Gasteiger partial charge in [0.1, 0.15) is 5.76 Å². The molecule has 2 aliphatic rings. The number of thiazole rings is 1. The van der Waals surface area contributed by atoms with Crippen molar-refractivity contribution >= 4 is 21.6 Å². The van der Waals surface area contributed by atoms with Crippen molar-refractivity contribution in [1.29, 1.82) is 0 Å². The molecule has 0 aliphatic carbocycles. The molecule has 4 heterocycles. The smallest absolute Gasteiger partial charge is 0.163 e. The number of aromatic nitrogens is 1. The van der Waals surface area contributed by atoms with Gasteiger partial charge in [-0.2, -0.15) is 0 Å². The lowest BCUT2D eigenvalue weighted by atomic mass is 9.87. The number of fused-ring (bicyclic) bond motifs is 1. The summed E-state index contributed by atoms with van der Waals surface area (Å²) in [5.41, 5.74) is 1.56. The number of hydrogen-bond acceptors (Lipinski definition) is 5. The van der Waals surface area contributed by atoms with E-state index in [1.54, 1.807) is 11.3 Å². The highest BCUT2D eigenvalue weighted by molar-refractivity contribution is 7.21. The third-order valence-electron chi connectivity index (χ3n) is 5.40. The molecular weight excluding hydrogens is 318 g/mol. The fourth-order valence-corrected chi connectivity index (χ4v) is 5.01. The number of nitrogens with one attached hydrogen (secondary N) is 1. The highest BCUT2D eigenvalue weighted by atomic mass is 32.1. The second-order valence-corrected chi connectivity index (χ2v) is 8.17. The Bertz CT molecular complexity index is 829. The minimum atomic E-state index is 0.516. The van der Waals surface area contributed by atoms with E-state index in [1.165, 1.54) is 43.7 Å². The van der Waals surface area contributed by atoms with E-state index in [4.69, 9.17) is 4.42 Å². The molecule has 24 heavy (non-hydrogen) atoms. The molecule has 124 valence electrons. The van der Waals surface area contributed by atoms with E-state index in [0.717, 1.165) is 28.6 Å². The number of benzene rings is 1. The molecule has 0 bridgehead atoms. The number of hydrogen-bond donors (Lipinski definition) is 1. The molecule has 0 radical (unpaired) electrons. The van der Waals surface area contributed by atoms with Crippen LogP contribution in [0.3, 0.4) is 0 Å². The summed E-state index contributed by atoms with van der Waals surface area (Å²) in [5, 5.41) is 4.49. The summed E-state index contributed by atoms with van der Waals surface area (Å²) in [7, 11) is 0. The van der Waals surface area contributed by atoms with Gasteiger partial charge >= 0.3 is 0 Å². The Labute approximate surface area is 145 Å². The second-order valence-electron chi connectivity index (χ2n) is 7.14. The predicted molar refractivity (Wildman–Crippen MR) is 97.1 cm³/mol. The Hall–Kier alpha value is -1.69. The van der Waals surface area contributed by atoms with Gasteiger partial charge in [0.2, 0.25) is 0 Å². The molecule has 5 heteroatoms. The zero-order valence-electron chi connectivity index (χ0n) is 13.6. The lowest BCUT2D eigenvalue weighted by Crippen LogP contribution is -2.28. The van der Waals surface area contributed by atoms with Gasteiger partial charge in [0.15, 0.2) is 10.8 Å². The normalized spacial score (nSPS) is 24.5. The monoisotopic (exact) mass is 339 g/mol. The van der Waals surface area contributed by atoms with E-state index < -0.39 is 0 Å². The topological polar surface area (TPSA) is 41.3 Å². The summed E-state index contributed by atoms with van der Waals surface area (Å²) in [6, 6.07) is 12.4. The maximum Gasteiger partial charge on any atom is 0.163 e. The van der Waals surface area contributed by atoms with Crippen LogP contribution in [0.4, 0.5) is 0 Å². The molecule has 2 fully saturated rings. The first-order valence-corrected chi connectivity index (χ1v) is 9.49. The number of nitrogens with zero attached hydrogens (tertiary/aromatic N) is 2. The Balaban J connectivity index is 1.32. The lowest BCUT2D eigenvalue weighted by Gasteiger charge is -2.22. The van der Waals surface area contributed by atoms with Crippen LogP contribution in [-0.2, 0) is 6.54 Å². The third kappa shape index (κ3) is 2.57. The van der Waals surface area contributed by atoms with Gasteiger partial charge < -0.3 is 9.73 Å². The van der Waals surface area contributed by atoms with Crippen molar-refractivity contribution < 1.29 is 4.42 Å². The van der Waals surface area contributed by atoms with Crippen LogP contribution in [0.25, 0.3) is 21.0 Å². The van der Waals surface area contributed by atoms with Gasteiger partial charge in [0.25, 0.3) is 0 Å². The molecule has 4 nitrogen and oxygen atoms in total. The summed E-state index contributed by atoms with van der Waals surface area (Å²) in [6.07, 6.45) is 2.63. The van der Waals surface area contributed by atoms with E-state index in [0.29, 0.717) is 5.41 Å². The van der Waals surface area contributed by atoms with Crippen molar-refractivity contribution in [2.24, 2.45) is 5.41 Å². The van der Waals surface area contributed by atoms with Crippen LogP contribution in [0.2, 0.25) is 0 Å². The van der Waals surface area contributed by atoms with E-state index in [2.05, 4.69) is 45.5 Å². The molecule has 5 rings (SSSR count). The molecule has 1 N–H and O–H groups in total. The summed E-state index contributed by atoms with van der Waals surface area (Å²) in [6.45, 7) is 5.64. The van der Waals surface area contributed by atoms with E-state index in [9.17, 15) is 0 Å². The zero-order valence-corrected chi connectivity index (χ0v) is 14.4. The van der Waals surface area contributed by atoms with E-state index in [1.807, 2.05) is 6.07 Å². The van der Waals surface area contributed by atoms with Crippen molar-refractivity contribution in [2.75, 3.05) is 26.2 Å². The van der Waals surface area contributed by atoms with Crippen LogP contribution in [0.1, 0.15) is 18.6 Å². The van der Waals surface area contributed by atoms with E-state index in [-0.39, 0.29) is 0 Å². The molecule has 1 spiro atoms. The molecule has 2 aromatic heterocycles. The summed E-state index contributed by atoms with van der Waals surface area (Å²) < 4.78 is 7.31. The number of furan rings is 1. The first-order chi connectivity index (χ1) is 11.8. The van der Waals surface area contributed by atoms with Crippen molar-refractivity contribution in [3.8, 4) is 10.8 Å². The van der Waals surface area contributed by atoms with Crippen molar-refractivity contribution in [3.05, 3.63) is 42.2 Å². The standard InChI is InChI=1S/C19H21N3OS/c1-2-4-17-15(3-1)21-18(24-17)16-6-5-14(23-16)11-22-10-8-19(13-22)7-9-20-12-19/h1-6,20H,7-13H2. The van der Waals surface area contributed by atoms with Gasteiger partial charge in [0.05, 0.1) is 16.8 Å². The van der Waals surface area contributed by atoms with Crippen LogP contribution in [0.15, 0.2) is 40.8 Å². The van der Waals surface area contributed by atoms with Crippen LogP contribution >= 0.6 is 11.3 Å². The van der Waals surface area contributed by atoms with Crippen LogP contribution in [0.5, 0.6) is 0 Å². The summed E-state index contributed by atoms with van der Waals surface area (Å²) in [4.78, 5) is 7.22. The van der Waals surface area contributed by atoms with Crippen LogP contribution < -0.4 is 5.32 Å². The van der Waals surface area contributed by atoms with Gasteiger partial charge in [-0.1, -0.05) is 12.1 Å². The Morgan fingerprint density at radius 3 is 3.04 bits per heavy atom. The van der Waals surface area contributed by atoms with Gasteiger partial charge in [-0.05, 0) is 55.6 Å². The summed E-state index contributed by atoms with van der Waals surface area (Å²) >= 11 is 1.69. The molecule has 2 aliphatic heterocycles. The van der Waals surface area contributed by atoms with Crippen molar-refractivity contribution in [3.63, 3.8) is 0 Å². The molecule has 3 aromatic rings. The molecule has 1 unspecified atom stereocenters. The molecule has 2 saturated heterocycles. The first kappa shape index (κ1) is 14.6. The van der Waals surface area contributed by atoms with Gasteiger partial charge in [-0.25, -0.2) is 4.98 Å². The Kier molecular flexibility index (Phi) is 3.47. The highest BCUT2D eigenvalue weighted by Gasteiger charge is 2.40. The predicted octanol–water partition coefficient (Wildman–Crippen LogP) is 3.74.